The van der Waals surface area contributed by atoms with Crippen LogP contribution in [0.2, 0.25) is 0 Å². The molecule has 1 N–H and O–H groups in total. The summed E-state index contributed by atoms with van der Waals surface area (Å²) in [6, 6.07) is 3.45. The van der Waals surface area contributed by atoms with E-state index in [-0.39, 0.29) is 18.1 Å². The van der Waals surface area contributed by atoms with Crippen molar-refractivity contribution >= 4 is 11.6 Å². The highest BCUT2D eigenvalue weighted by atomic mass is 19.1. The van der Waals surface area contributed by atoms with Gasteiger partial charge in [0.15, 0.2) is 11.5 Å². The Kier molecular flexibility index (Phi) is 3.58. The lowest BCUT2D eigenvalue weighted by atomic mass is 10.3. The van der Waals surface area contributed by atoms with Crippen LogP contribution in [0, 0.1) is 12.9 Å². The SMILES string of the molecule is CCc1noc(CNC(=O)c2nc3ccc(C)cn3c2F)n1. The molecular weight excluding hydrogens is 289 g/mol. The summed E-state index contributed by atoms with van der Waals surface area (Å²) < 4.78 is 20.4. The number of hydrogen-bond donors (Lipinski definition) is 1. The van der Waals surface area contributed by atoms with Gasteiger partial charge in [0.25, 0.3) is 5.91 Å². The summed E-state index contributed by atoms with van der Waals surface area (Å²) in [7, 11) is 0. The first-order valence-corrected chi connectivity index (χ1v) is 6.82. The van der Waals surface area contributed by atoms with Gasteiger partial charge in [-0.25, -0.2) is 4.98 Å². The van der Waals surface area contributed by atoms with Crippen LogP contribution in [0.25, 0.3) is 5.65 Å². The first kappa shape index (κ1) is 14.2. The molecule has 0 aliphatic heterocycles. The molecule has 7 nitrogen and oxygen atoms in total. The Morgan fingerprint density at radius 2 is 2.23 bits per heavy atom. The van der Waals surface area contributed by atoms with Gasteiger partial charge in [-0.2, -0.15) is 9.37 Å². The monoisotopic (exact) mass is 303 g/mol. The number of hydrogen-bond acceptors (Lipinski definition) is 5. The van der Waals surface area contributed by atoms with Crippen LogP contribution in [0.1, 0.15) is 34.7 Å². The molecule has 0 fully saturated rings. The van der Waals surface area contributed by atoms with Crippen LogP contribution in [0.4, 0.5) is 4.39 Å². The lowest BCUT2D eigenvalue weighted by Gasteiger charge is -1.99. The minimum atomic E-state index is -0.698. The zero-order valence-corrected chi connectivity index (χ0v) is 12.1. The number of rotatable bonds is 4. The van der Waals surface area contributed by atoms with Crippen molar-refractivity contribution in [3.05, 3.63) is 47.2 Å². The summed E-state index contributed by atoms with van der Waals surface area (Å²) >= 11 is 0. The first-order valence-electron chi connectivity index (χ1n) is 6.82. The highest BCUT2D eigenvalue weighted by molar-refractivity contribution is 5.93. The van der Waals surface area contributed by atoms with E-state index < -0.39 is 11.9 Å². The Morgan fingerprint density at radius 1 is 1.41 bits per heavy atom. The van der Waals surface area contributed by atoms with Crippen LogP contribution < -0.4 is 5.32 Å². The summed E-state index contributed by atoms with van der Waals surface area (Å²) in [4.78, 5) is 20.1. The van der Waals surface area contributed by atoms with Gasteiger partial charge < -0.3 is 9.84 Å². The van der Waals surface area contributed by atoms with Crippen molar-refractivity contribution < 1.29 is 13.7 Å². The van der Waals surface area contributed by atoms with E-state index in [0.29, 0.717) is 17.9 Å². The van der Waals surface area contributed by atoms with Crippen molar-refractivity contribution in [3.63, 3.8) is 0 Å². The highest BCUT2D eigenvalue weighted by Crippen LogP contribution is 2.12. The number of nitrogens with one attached hydrogen (secondary N) is 1. The first-order chi connectivity index (χ1) is 10.6. The summed E-state index contributed by atoms with van der Waals surface area (Å²) in [5.74, 6) is -0.505. The molecule has 22 heavy (non-hydrogen) atoms. The van der Waals surface area contributed by atoms with Crippen LogP contribution in [-0.4, -0.2) is 25.4 Å². The molecule has 3 heterocycles. The van der Waals surface area contributed by atoms with Crippen molar-refractivity contribution in [2.24, 2.45) is 0 Å². The third-order valence-electron chi connectivity index (χ3n) is 3.15. The Hall–Kier alpha value is -2.77. The number of aryl methyl sites for hydroxylation is 2. The molecule has 0 bridgehead atoms. The topological polar surface area (TPSA) is 85.3 Å². The fraction of sp³-hybridized carbons (Fsp3) is 0.286. The molecule has 3 aromatic heterocycles. The Labute approximate surface area is 125 Å². The average molecular weight is 303 g/mol. The highest BCUT2D eigenvalue weighted by Gasteiger charge is 2.19. The maximum Gasteiger partial charge on any atom is 0.275 e. The smallest absolute Gasteiger partial charge is 0.275 e. The van der Waals surface area contributed by atoms with Crippen LogP contribution in [0.3, 0.4) is 0 Å². The van der Waals surface area contributed by atoms with E-state index in [2.05, 4.69) is 20.4 Å². The number of imidazole rings is 1. The predicted molar refractivity (Wildman–Crippen MR) is 74.7 cm³/mol. The van der Waals surface area contributed by atoms with E-state index in [1.807, 2.05) is 13.8 Å². The molecule has 114 valence electrons. The molecule has 0 atom stereocenters. The summed E-state index contributed by atoms with van der Waals surface area (Å²) in [5.41, 5.74) is 0.980. The van der Waals surface area contributed by atoms with Crippen LogP contribution in [-0.2, 0) is 13.0 Å². The van der Waals surface area contributed by atoms with E-state index in [1.54, 1.807) is 18.3 Å². The third-order valence-corrected chi connectivity index (χ3v) is 3.15. The number of pyridine rings is 1. The predicted octanol–water partition coefficient (Wildman–Crippen LogP) is 1.66. The average Bonchev–Trinajstić information content (AvgIpc) is 3.10. The Balaban J connectivity index is 1.78. The maximum absolute atomic E-state index is 14.2. The van der Waals surface area contributed by atoms with Gasteiger partial charge >= 0.3 is 0 Å². The second-order valence-electron chi connectivity index (χ2n) is 4.83. The molecule has 3 aromatic rings. The van der Waals surface area contributed by atoms with E-state index in [9.17, 15) is 9.18 Å². The van der Waals surface area contributed by atoms with Gasteiger partial charge in [0.05, 0.1) is 6.54 Å². The summed E-state index contributed by atoms with van der Waals surface area (Å²) in [6.07, 6.45) is 2.22. The molecule has 0 spiro atoms. The molecule has 0 saturated heterocycles. The maximum atomic E-state index is 14.2. The lowest BCUT2D eigenvalue weighted by molar-refractivity contribution is 0.0937. The van der Waals surface area contributed by atoms with Gasteiger partial charge in [-0.1, -0.05) is 18.1 Å². The van der Waals surface area contributed by atoms with Crippen molar-refractivity contribution in [1.29, 1.82) is 0 Å². The quantitative estimate of drug-likeness (QED) is 0.792. The van der Waals surface area contributed by atoms with Crippen molar-refractivity contribution in [3.8, 4) is 0 Å². The van der Waals surface area contributed by atoms with E-state index >= 15 is 0 Å². The van der Waals surface area contributed by atoms with Crippen molar-refractivity contribution in [1.82, 2.24) is 24.8 Å². The zero-order chi connectivity index (χ0) is 15.7. The fourth-order valence-electron chi connectivity index (χ4n) is 2.01. The van der Waals surface area contributed by atoms with Gasteiger partial charge in [-0.05, 0) is 18.6 Å². The second kappa shape index (κ2) is 5.55. The zero-order valence-electron chi connectivity index (χ0n) is 12.1. The number of amides is 1. The van der Waals surface area contributed by atoms with Crippen molar-refractivity contribution in [2.75, 3.05) is 0 Å². The molecule has 0 saturated carbocycles. The number of carbonyl (C=O) groups excluding carboxylic acids is 1. The van der Waals surface area contributed by atoms with E-state index in [1.165, 1.54) is 4.40 Å². The Morgan fingerprint density at radius 3 is 2.95 bits per heavy atom. The number of nitrogens with zero attached hydrogens (tertiary/aromatic N) is 4. The standard InChI is InChI=1S/C14H14FN5O2/c1-3-9-17-11(22-19-9)6-16-14(21)12-13(15)20-7-8(2)4-5-10(20)18-12/h4-5,7H,3,6H2,1-2H3,(H,16,21). The molecule has 8 heteroatoms. The number of aromatic nitrogens is 4. The molecule has 0 unspecified atom stereocenters. The lowest BCUT2D eigenvalue weighted by Crippen LogP contribution is -2.24. The second-order valence-corrected chi connectivity index (χ2v) is 4.83. The Bertz CT molecular complexity index is 839. The number of fused-ring (bicyclic) bond motifs is 1. The van der Waals surface area contributed by atoms with Gasteiger partial charge in [0.2, 0.25) is 11.8 Å². The molecule has 0 aromatic carbocycles. The van der Waals surface area contributed by atoms with Gasteiger partial charge in [0.1, 0.15) is 5.65 Å². The molecule has 1 amide bonds. The molecule has 0 radical (unpaired) electrons. The summed E-state index contributed by atoms with van der Waals surface area (Å²) in [5, 5.41) is 6.23. The van der Waals surface area contributed by atoms with Crippen LogP contribution in [0.15, 0.2) is 22.9 Å². The number of carbonyl (C=O) groups is 1. The molecular formula is C14H14FN5O2. The van der Waals surface area contributed by atoms with Gasteiger partial charge in [-0.3, -0.25) is 9.20 Å². The van der Waals surface area contributed by atoms with Crippen LogP contribution >= 0.6 is 0 Å². The van der Waals surface area contributed by atoms with E-state index in [4.69, 9.17) is 4.52 Å². The van der Waals surface area contributed by atoms with E-state index in [0.717, 1.165) is 5.56 Å². The fourth-order valence-corrected chi connectivity index (χ4v) is 2.01. The van der Waals surface area contributed by atoms with Gasteiger partial charge in [-0.15, -0.1) is 0 Å². The molecule has 0 aliphatic rings. The minimum absolute atomic E-state index is 0.0260. The molecule has 0 aliphatic carbocycles. The van der Waals surface area contributed by atoms with Crippen molar-refractivity contribution in [2.45, 2.75) is 26.8 Å². The largest absolute Gasteiger partial charge is 0.341 e. The van der Waals surface area contributed by atoms with Crippen LogP contribution in [0.5, 0.6) is 0 Å². The normalized spacial score (nSPS) is 11.0. The minimum Gasteiger partial charge on any atom is -0.341 e. The summed E-state index contributed by atoms with van der Waals surface area (Å²) in [6.45, 7) is 3.75. The van der Waals surface area contributed by atoms with Gasteiger partial charge in [0, 0.05) is 12.6 Å². The number of halogens is 1. The molecule has 3 rings (SSSR count). The third kappa shape index (κ3) is 2.54.